The van der Waals surface area contributed by atoms with E-state index >= 15 is 0 Å². The van der Waals surface area contributed by atoms with Crippen LogP contribution in [-0.4, -0.2) is 29.3 Å². The molecule has 0 radical (unpaired) electrons. The molecule has 2 aliphatic rings. The number of carbonyl (C=O) groups is 3. The lowest BCUT2D eigenvalue weighted by molar-refractivity contribution is -0.134. The molecule has 1 aromatic carbocycles. The van der Waals surface area contributed by atoms with E-state index in [9.17, 15) is 14.4 Å². The molecule has 1 aliphatic carbocycles. The van der Waals surface area contributed by atoms with Gasteiger partial charge >= 0.3 is 6.03 Å². The van der Waals surface area contributed by atoms with Gasteiger partial charge < -0.3 is 10.6 Å². The van der Waals surface area contributed by atoms with Crippen molar-refractivity contribution in [3.63, 3.8) is 0 Å². The van der Waals surface area contributed by atoms with Gasteiger partial charge in [0.05, 0.1) is 0 Å². The quantitative estimate of drug-likeness (QED) is 0.800. The molecule has 4 rings (SSSR count). The molecule has 0 unspecified atom stereocenters. The molecule has 1 fully saturated rings. The first kappa shape index (κ1) is 17.7. The number of fused-ring (bicyclic) bond motifs is 2. The van der Waals surface area contributed by atoms with E-state index in [1.54, 1.807) is 11.3 Å². The summed E-state index contributed by atoms with van der Waals surface area (Å²) in [6.45, 7) is 3.55. The Morgan fingerprint density at radius 3 is 2.93 bits per heavy atom. The lowest BCUT2D eigenvalue weighted by Gasteiger charge is -2.31. The van der Waals surface area contributed by atoms with Gasteiger partial charge in [0.2, 0.25) is 5.91 Å². The fraction of sp³-hybridized carbons (Fsp3) is 0.350. The number of carbonyl (C=O) groups excluding carboxylic acids is 3. The van der Waals surface area contributed by atoms with Crippen molar-refractivity contribution in [1.82, 2.24) is 10.2 Å². The third-order valence-corrected chi connectivity index (χ3v) is 6.29. The number of benzene rings is 1. The van der Waals surface area contributed by atoms with Crippen LogP contribution < -0.4 is 10.6 Å². The molecule has 7 heteroatoms. The highest BCUT2D eigenvalue weighted by Gasteiger charge is 2.54. The van der Waals surface area contributed by atoms with Crippen molar-refractivity contribution >= 4 is 34.9 Å². The van der Waals surface area contributed by atoms with Gasteiger partial charge in [0.1, 0.15) is 12.1 Å². The first-order valence-corrected chi connectivity index (χ1v) is 9.87. The Bertz CT molecular complexity index is 952. The van der Waals surface area contributed by atoms with Gasteiger partial charge in [0, 0.05) is 16.1 Å². The zero-order valence-electron chi connectivity index (χ0n) is 15.3. The van der Waals surface area contributed by atoms with Crippen LogP contribution in [0.25, 0.3) is 0 Å². The van der Waals surface area contributed by atoms with E-state index in [0.29, 0.717) is 12.1 Å². The number of hydrogen-bond acceptors (Lipinski definition) is 4. The van der Waals surface area contributed by atoms with Gasteiger partial charge in [-0.1, -0.05) is 12.1 Å². The molecule has 0 saturated carbocycles. The highest BCUT2D eigenvalue weighted by atomic mass is 32.1. The fourth-order valence-electron chi connectivity index (χ4n) is 3.89. The van der Waals surface area contributed by atoms with Gasteiger partial charge in [0.25, 0.3) is 5.91 Å². The summed E-state index contributed by atoms with van der Waals surface area (Å²) in [5, 5.41) is 7.63. The highest BCUT2D eigenvalue weighted by Crippen LogP contribution is 2.42. The van der Waals surface area contributed by atoms with Crippen LogP contribution in [0.4, 0.5) is 10.5 Å². The van der Waals surface area contributed by atoms with Crippen LogP contribution in [0.15, 0.2) is 29.6 Å². The summed E-state index contributed by atoms with van der Waals surface area (Å²) in [4.78, 5) is 40.3. The summed E-state index contributed by atoms with van der Waals surface area (Å²) < 4.78 is 0. The molecule has 0 bridgehead atoms. The minimum Gasteiger partial charge on any atom is -0.324 e. The molecule has 2 N–H and O–H groups in total. The molecule has 1 saturated heterocycles. The summed E-state index contributed by atoms with van der Waals surface area (Å²) in [5.41, 5.74) is 2.52. The van der Waals surface area contributed by atoms with E-state index in [4.69, 9.17) is 0 Å². The van der Waals surface area contributed by atoms with Crippen molar-refractivity contribution in [1.29, 1.82) is 0 Å². The van der Waals surface area contributed by atoms with Gasteiger partial charge in [0.15, 0.2) is 0 Å². The number of urea groups is 1. The normalized spacial score (nSPS) is 21.3. The lowest BCUT2D eigenvalue weighted by Crippen LogP contribution is -2.46. The number of rotatable bonds is 3. The number of nitrogens with zero attached hydrogens (tertiary/aromatic N) is 1. The standard InChI is InChI=1S/C20H21N3O3S/c1-12-5-6-13(2)15(10-12)21-17(24)11-23-18(25)20(22-19(23)26)8-3-4-16-14(20)7-9-27-16/h5-7,9-10H,3-4,8,11H2,1-2H3,(H,21,24)(H,22,26)/t20-/m1/s1. The molecule has 1 atom stereocenters. The average Bonchev–Trinajstić information content (AvgIpc) is 3.19. The van der Waals surface area contributed by atoms with Crippen molar-refractivity contribution in [3.8, 4) is 0 Å². The Morgan fingerprint density at radius 1 is 1.30 bits per heavy atom. The predicted molar refractivity (Wildman–Crippen MR) is 104 cm³/mol. The largest absolute Gasteiger partial charge is 0.325 e. The number of amides is 4. The van der Waals surface area contributed by atoms with Crippen LogP contribution in [0, 0.1) is 13.8 Å². The predicted octanol–water partition coefficient (Wildman–Crippen LogP) is 3.09. The molecular formula is C20H21N3O3S. The molecule has 2 heterocycles. The minimum atomic E-state index is -1.01. The molecule has 140 valence electrons. The Labute approximate surface area is 161 Å². The number of thiophene rings is 1. The van der Waals surface area contributed by atoms with E-state index in [-0.39, 0.29) is 18.4 Å². The van der Waals surface area contributed by atoms with E-state index < -0.39 is 11.6 Å². The third-order valence-electron chi connectivity index (χ3n) is 5.31. The van der Waals surface area contributed by atoms with Crippen LogP contribution in [-0.2, 0) is 21.5 Å². The first-order chi connectivity index (χ1) is 12.9. The van der Waals surface area contributed by atoms with Gasteiger partial charge in [-0.25, -0.2) is 4.79 Å². The van der Waals surface area contributed by atoms with Gasteiger partial charge in [-0.3, -0.25) is 14.5 Å². The Kier molecular flexibility index (Phi) is 4.26. The molecule has 27 heavy (non-hydrogen) atoms. The average molecular weight is 383 g/mol. The van der Waals surface area contributed by atoms with Crippen LogP contribution >= 0.6 is 11.3 Å². The Balaban J connectivity index is 1.54. The Hall–Kier alpha value is -2.67. The summed E-state index contributed by atoms with van der Waals surface area (Å²) >= 11 is 1.61. The molecule has 1 aliphatic heterocycles. The van der Waals surface area contributed by atoms with Crippen LogP contribution in [0.5, 0.6) is 0 Å². The second-order valence-electron chi connectivity index (χ2n) is 7.20. The maximum atomic E-state index is 13.1. The summed E-state index contributed by atoms with van der Waals surface area (Å²) in [6, 6.07) is 7.17. The third kappa shape index (κ3) is 2.92. The zero-order valence-corrected chi connectivity index (χ0v) is 16.1. The van der Waals surface area contributed by atoms with Crippen molar-refractivity contribution in [2.24, 2.45) is 0 Å². The molecule has 4 amide bonds. The van der Waals surface area contributed by atoms with Crippen LogP contribution in [0.2, 0.25) is 0 Å². The van der Waals surface area contributed by atoms with Gasteiger partial charge in [-0.2, -0.15) is 0 Å². The van der Waals surface area contributed by atoms with E-state index in [1.165, 1.54) is 0 Å². The second kappa shape index (κ2) is 6.49. The smallest absolute Gasteiger partial charge is 0.324 e. The monoisotopic (exact) mass is 383 g/mol. The van der Waals surface area contributed by atoms with Gasteiger partial charge in [-0.15, -0.1) is 11.3 Å². The van der Waals surface area contributed by atoms with Crippen molar-refractivity contribution in [3.05, 3.63) is 51.2 Å². The maximum absolute atomic E-state index is 13.1. The number of hydrogen-bond donors (Lipinski definition) is 2. The minimum absolute atomic E-state index is 0.292. The summed E-state index contributed by atoms with van der Waals surface area (Å²) in [7, 11) is 0. The molecular weight excluding hydrogens is 362 g/mol. The molecule has 1 spiro atoms. The SMILES string of the molecule is Cc1ccc(C)c(NC(=O)CN2C(=O)N[C@@]3(CCCc4sccc43)C2=O)c1. The number of anilines is 1. The molecule has 6 nitrogen and oxygen atoms in total. The number of nitrogens with one attached hydrogen (secondary N) is 2. The number of aryl methyl sites for hydroxylation is 3. The van der Waals surface area contributed by atoms with Crippen molar-refractivity contribution in [2.45, 2.75) is 38.6 Å². The van der Waals surface area contributed by atoms with Gasteiger partial charge in [-0.05, 0) is 61.7 Å². The van der Waals surface area contributed by atoms with Crippen molar-refractivity contribution in [2.75, 3.05) is 11.9 Å². The van der Waals surface area contributed by atoms with E-state index in [1.807, 2.05) is 43.5 Å². The highest BCUT2D eigenvalue weighted by molar-refractivity contribution is 7.10. The molecule has 2 aromatic rings. The maximum Gasteiger partial charge on any atom is 0.325 e. The Morgan fingerprint density at radius 2 is 2.11 bits per heavy atom. The van der Waals surface area contributed by atoms with E-state index in [2.05, 4.69) is 10.6 Å². The summed E-state index contributed by atoms with van der Waals surface area (Å²) in [6.07, 6.45) is 2.32. The fourth-order valence-corrected chi connectivity index (χ4v) is 4.89. The second-order valence-corrected chi connectivity index (χ2v) is 8.21. The number of imide groups is 1. The molecule has 1 aromatic heterocycles. The topological polar surface area (TPSA) is 78.5 Å². The van der Waals surface area contributed by atoms with Crippen molar-refractivity contribution < 1.29 is 14.4 Å². The zero-order chi connectivity index (χ0) is 19.2. The summed E-state index contributed by atoms with van der Waals surface area (Å²) in [5.74, 6) is -0.714. The lowest BCUT2D eigenvalue weighted by atomic mass is 9.80. The first-order valence-electron chi connectivity index (χ1n) is 8.99. The van der Waals surface area contributed by atoms with E-state index in [0.717, 1.165) is 39.3 Å². The van der Waals surface area contributed by atoms with Crippen LogP contribution in [0.1, 0.15) is 34.4 Å². The van der Waals surface area contributed by atoms with Crippen LogP contribution in [0.3, 0.4) is 0 Å².